The Hall–Kier alpha value is -3.57. The lowest BCUT2D eigenvalue weighted by Gasteiger charge is -2.36. The SMILES string of the molecule is COc1ccc([C@@H]2[C@@H](C(=O)C(C)(C)C)N3C=Cc4ccccc4[C@@H]3C2(C#N)C#N)cc1. The van der Waals surface area contributed by atoms with Gasteiger partial charge in [-0.2, -0.15) is 10.5 Å². The fourth-order valence-electron chi connectivity index (χ4n) is 4.92. The number of nitriles is 2. The van der Waals surface area contributed by atoms with Crippen LogP contribution in [-0.4, -0.2) is 23.8 Å². The van der Waals surface area contributed by atoms with Crippen molar-refractivity contribution in [2.45, 2.75) is 38.8 Å². The normalized spacial score (nSPS) is 23.3. The highest BCUT2D eigenvalue weighted by molar-refractivity contribution is 5.91. The molecule has 2 aromatic rings. The topological polar surface area (TPSA) is 77.1 Å². The van der Waals surface area contributed by atoms with Crippen molar-refractivity contribution in [1.29, 1.82) is 10.5 Å². The lowest BCUT2D eigenvalue weighted by Crippen LogP contribution is -2.43. The van der Waals surface area contributed by atoms with Crippen molar-refractivity contribution in [2.24, 2.45) is 10.8 Å². The molecule has 1 fully saturated rings. The quantitative estimate of drug-likeness (QED) is 0.722. The number of rotatable bonds is 3. The summed E-state index contributed by atoms with van der Waals surface area (Å²) in [7, 11) is 1.59. The van der Waals surface area contributed by atoms with E-state index in [1.54, 1.807) is 7.11 Å². The second-order valence-electron chi connectivity index (χ2n) is 9.20. The van der Waals surface area contributed by atoms with Gasteiger partial charge in [-0.15, -0.1) is 0 Å². The zero-order chi connectivity index (χ0) is 22.4. The van der Waals surface area contributed by atoms with Crippen molar-refractivity contribution in [2.75, 3.05) is 7.11 Å². The van der Waals surface area contributed by atoms with Crippen molar-refractivity contribution in [3.8, 4) is 17.9 Å². The van der Waals surface area contributed by atoms with Gasteiger partial charge in [0.05, 0.1) is 31.3 Å². The minimum atomic E-state index is -1.43. The summed E-state index contributed by atoms with van der Waals surface area (Å²) in [5.74, 6) is 0.0820. The van der Waals surface area contributed by atoms with Gasteiger partial charge in [-0.3, -0.25) is 4.79 Å². The van der Waals surface area contributed by atoms with Crippen molar-refractivity contribution < 1.29 is 9.53 Å². The smallest absolute Gasteiger partial charge is 0.177 e. The van der Waals surface area contributed by atoms with Gasteiger partial charge in [-0.1, -0.05) is 57.2 Å². The van der Waals surface area contributed by atoms with Crippen LogP contribution in [0.25, 0.3) is 6.08 Å². The molecule has 0 amide bonds. The van der Waals surface area contributed by atoms with Crippen LogP contribution in [0.1, 0.15) is 49.4 Å². The maximum atomic E-state index is 13.7. The van der Waals surface area contributed by atoms with Crippen LogP contribution >= 0.6 is 0 Å². The Bertz CT molecular complexity index is 1110. The number of nitrogens with zero attached hydrogens (tertiary/aromatic N) is 3. The molecule has 2 aliphatic heterocycles. The summed E-state index contributed by atoms with van der Waals surface area (Å²) in [6.45, 7) is 5.65. The van der Waals surface area contributed by atoms with Gasteiger partial charge in [0.2, 0.25) is 0 Å². The number of carbonyl (C=O) groups excluding carboxylic acids is 1. The minimum absolute atomic E-state index is 0.00900. The van der Waals surface area contributed by atoms with Gasteiger partial charge in [-0.05, 0) is 34.9 Å². The Morgan fingerprint density at radius 3 is 2.29 bits per heavy atom. The van der Waals surface area contributed by atoms with Crippen LogP contribution in [0, 0.1) is 33.5 Å². The number of benzene rings is 2. The molecule has 3 atom stereocenters. The minimum Gasteiger partial charge on any atom is -0.497 e. The number of ketones is 1. The molecule has 4 rings (SSSR count). The second kappa shape index (κ2) is 7.29. The standard InChI is InChI=1S/C26H25N3O2/c1-25(2,3)24(30)22-21(18-9-11-19(31-4)12-10-18)26(15-27,16-28)23-20-8-6-5-7-17(20)13-14-29(22)23/h5-14,21-23H,1-4H3/t21-,22+,23-/m1/s1. The number of hydrogen-bond acceptors (Lipinski definition) is 5. The number of Topliss-reactive ketones (excluding diaryl/α,β-unsaturated/α-hetero) is 1. The largest absolute Gasteiger partial charge is 0.497 e. The predicted molar refractivity (Wildman–Crippen MR) is 118 cm³/mol. The van der Waals surface area contributed by atoms with Crippen LogP contribution in [0.2, 0.25) is 0 Å². The monoisotopic (exact) mass is 411 g/mol. The van der Waals surface area contributed by atoms with E-state index < -0.39 is 28.8 Å². The molecule has 2 aliphatic rings. The Morgan fingerprint density at radius 2 is 1.71 bits per heavy atom. The Morgan fingerprint density at radius 1 is 1.06 bits per heavy atom. The predicted octanol–water partition coefficient (Wildman–Crippen LogP) is 4.84. The molecule has 0 saturated carbocycles. The van der Waals surface area contributed by atoms with Gasteiger partial charge < -0.3 is 9.64 Å². The molecule has 0 radical (unpaired) electrons. The maximum Gasteiger partial charge on any atom is 0.177 e. The van der Waals surface area contributed by atoms with Crippen molar-refractivity contribution >= 4 is 11.9 Å². The summed E-state index contributed by atoms with van der Waals surface area (Å²) < 4.78 is 5.29. The fraction of sp³-hybridized carbons (Fsp3) is 0.346. The van der Waals surface area contributed by atoms with Crippen LogP contribution in [0.5, 0.6) is 5.75 Å². The van der Waals surface area contributed by atoms with Gasteiger partial charge in [0.1, 0.15) is 5.75 Å². The molecule has 0 bridgehead atoms. The first kappa shape index (κ1) is 20.7. The molecule has 1 saturated heterocycles. The molecule has 0 N–H and O–H groups in total. The number of carbonyl (C=O) groups is 1. The first-order chi connectivity index (χ1) is 14.8. The molecular formula is C26H25N3O2. The van der Waals surface area contributed by atoms with E-state index in [1.165, 1.54) is 0 Å². The average molecular weight is 412 g/mol. The Balaban J connectivity index is 2.00. The van der Waals surface area contributed by atoms with Gasteiger partial charge in [0, 0.05) is 17.5 Å². The van der Waals surface area contributed by atoms with Crippen molar-refractivity contribution in [3.63, 3.8) is 0 Å². The third-order valence-electron chi connectivity index (χ3n) is 6.43. The molecule has 31 heavy (non-hydrogen) atoms. The number of hydrogen-bond donors (Lipinski definition) is 0. The van der Waals surface area contributed by atoms with Crippen LogP contribution in [0.3, 0.4) is 0 Å². The van der Waals surface area contributed by atoms with E-state index in [0.29, 0.717) is 5.75 Å². The van der Waals surface area contributed by atoms with Gasteiger partial charge in [-0.25, -0.2) is 0 Å². The third kappa shape index (κ3) is 3.01. The van der Waals surface area contributed by atoms with E-state index in [2.05, 4.69) is 12.1 Å². The summed E-state index contributed by atoms with van der Waals surface area (Å²) in [6.07, 6.45) is 3.85. The van der Waals surface area contributed by atoms with Gasteiger partial charge in [0.15, 0.2) is 11.2 Å². The van der Waals surface area contributed by atoms with Crippen molar-refractivity contribution in [1.82, 2.24) is 4.90 Å². The molecule has 0 aliphatic carbocycles. The van der Waals surface area contributed by atoms with E-state index >= 15 is 0 Å². The molecule has 156 valence electrons. The lowest BCUT2D eigenvalue weighted by atomic mass is 9.66. The van der Waals surface area contributed by atoms with E-state index in [4.69, 9.17) is 4.74 Å². The van der Waals surface area contributed by atoms with Crippen LogP contribution in [0.15, 0.2) is 54.7 Å². The second-order valence-corrected chi connectivity index (χ2v) is 9.20. The molecular weight excluding hydrogens is 386 g/mol. The van der Waals surface area contributed by atoms with Crippen LogP contribution in [0.4, 0.5) is 0 Å². The molecule has 2 aromatic carbocycles. The molecule has 5 heteroatoms. The highest BCUT2D eigenvalue weighted by Crippen LogP contribution is 2.60. The average Bonchev–Trinajstić information content (AvgIpc) is 3.08. The van der Waals surface area contributed by atoms with E-state index in [-0.39, 0.29) is 5.78 Å². The molecule has 0 spiro atoms. The first-order valence-electron chi connectivity index (χ1n) is 10.3. The summed E-state index contributed by atoms with van der Waals surface area (Å²) in [5, 5.41) is 20.9. The van der Waals surface area contributed by atoms with Crippen LogP contribution < -0.4 is 4.74 Å². The molecule has 0 unspecified atom stereocenters. The Kier molecular flexibility index (Phi) is 4.86. The Labute approximate surface area is 183 Å². The first-order valence-corrected chi connectivity index (χ1v) is 10.3. The molecule has 2 heterocycles. The van der Waals surface area contributed by atoms with E-state index in [0.717, 1.165) is 16.7 Å². The fourth-order valence-corrected chi connectivity index (χ4v) is 4.92. The van der Waals surface area contributed by atoms with Crippen LogP contribution in [-0.2, 0) is 4.79 Å². The highest BCUT2D eigenvalue weighted by atomic mass is 16.5. The van der Waals surface area contributed by atoms with Crippen molar-refractivity contribution in [3.05, 3.63) is 71.4 Å². The lowest BCUT2D eigenvalue weighted by molar-refractivity contribution is -0.130. The van der Waals surface area contributed by atoms with E-state index in [1.807, 2.05) is 86.5 Å². The summed E-state index contributed by atoms with van der Waals surface area (Å²) >= 11 is 0. The van der Waals surface area contributed by atoms with Gasteiger partial charge >= 0.3 is 0 Å². The zero-order valence-electron chi connectivity index (χ0n) is 18.2. The summed E-state index contributed by atoms with van der Waals surface area (Å²) in [4.78, 5) is 15.7. The third-order valence-corrected chi connectivity index (χ3v) is 6.43. The van der Waals surface area contributed by atoms with E-state index in [9.17, 15) is 15.3 Å². The molecule has 5 nitrogen and oxygen atoms in total. The highest BCUT2D eigenvalue weighted by Gasteiger charge is 2.64. The number of ether oxygens (including phenoxy) is 1. The number of methoxy groups -OCH3 is 1. The maximum absolute atomic E-state index is 13.7. The number of fused-ring (bicyclic) bond motifs is 3. The molecule has 0 aromatic heterocycles. The summed E-state index contributed by atoms with van der Waals surface area (Å²) in [5.41, 5.74) is 0.589. The summed E-state index contributed by atoms with van der Waals surface area (Å²) in [6, 6.07) is 18.7. The van der Waals surface area contributed by atoms with Gasteiger partial charge in [0.25, 0.3) is 0 Å². The zero-order valence-corrected chi connectivity index (χ0v) is 18.2.